The normalized spacial score (nSPS) is 16.6. The van der Waals surface area contributed by atoms with Gasteiger partial charge in [0.05, 0.1) is 0 Å². The average Bonchev–Trinajstić information content (AvgIpc) is 2.57. The average molecular weight is 296 g/mol. The van der Waals surface area contributed by atoms with Crippen LogP contribution in [0.3, 0.4) is 0 Å². The predicted octanol–water partition coefficient (Wildman–Crippen LogP) is -0.349. The number of nitrogens with one attached hydrogen (secondary N) is 1. The van der Waals surface area contributed by atoms with Gasteiger partial charge in [0.25, 0.3) is 0 Å². The van der Waals surface area contributed by atoms with Gasteiger partial charge in [0.2, 0.25) is 11.8 Å². The van der Waals surface area contributed by atoms with Crippen molar-refractivity contribution in [3.8, 4) is 0 Å². The number of hydrogen-bond acceptors (Lipinski definition) is 6. The first-order valence-electron chi connectivity index (χ1n) is 5.56. The molecule has 0 aromatic heterocycles. The molecule has 0 spiro atoms. The Kier molecular flexibility index (Phi) is 6.06. The molecule has 1 aliphatic rings. The molecule has 0 atom stereocenters. The minimum Gasteiger partial charge on any atom is -0.316 e. The summed E-state index contributed by atoms with van der Waals surface area (Å²) in [4.78, 5) is 23.8. The second-order valence-corrected chi connectivity index (χ2v) is 7.26. The van der Waals surface area contributed by atoms with Crippen LogP contribution < -0.4 is 5.32 Å². The predicted molar refractivity (Wildman–Crippen MR) is 67.4 cm³/mol. The van der Waals surface area contributed by atoms with Crippen molar-refractivity contribution in [2.45, 2.75) is 19.3 Å². The quantitative estimate of drug-likeness (QED) is 0.273. The maximum atomic E-state index is 11.2. The summed E-state index contributed by atoms with van der Waals surface area (Å²) >= 11 is 0. The fourth-order valence-electron chi connectivity index (χ4n) is 1.58. The number of carbonyl (C=O) groups excluding carboxylic acids is 2. The van der Waals surface area contributed by atoms with E-state index in [1.54, 1.807) is 0 Å². The lowest BCUT2D eigenvalue weighted by molar-refractivity contribution is -0.138. The van der Waals surface area contributed by atoms with Gasteiger partial charge in [0, 0.05) is 31.7 Å². The van der Waals surface area contributed by atoms with Gasteiger partial charge in [-0.05, 0) is 23.8 Å². The van der Waals surface area contributed by atoms with E-state index in [0.717, 1.165) is 0 Å². The first kappa shape index (κ1) is 15.4. The number of imide groups is 1. The van der Waals surface area contributed by atoms with E-state index in [4.69, 9.17) is 4.55 Å². The minimum atomic E-state index is -3.97. The fourth-order valence-corrected chi connectivity index (χ4v) is 2.90. The van der Waals surface area contributed by atoms with Crippen LogP contribution in [0, 0.1) is 0 Å². The van der Waals surface area contributed by atoms with Crippen molar-refractivity contribution in [1.82, 2.24) is 10.2 Å². The van der Waals surface area contributed by atoms with Crippen LogP contribution >= 0.6 is 10.8 Å². The highest BCUT2D eigenvalue weighted by molar-refractivity contribution is 8.69. The zero-order chi connectivity index (χ0) is 13.6. The van der Waals surface area contributed by atoms with Gasteiger partial charge >= 0.3 is 9.15 Å². The van der Waals surface area contributed by atoms with Crippen molar-refractivity contribution < 1.29 is 22.6 Å². The zero-order valence-electron chi connectivity index (χ0n) is 9.79. The van der Waals surface area contributed by atoms with Crippen LogP contribution in [0.2, 0.25) is 0 Å². The standard InChI is InChI=1S/C9H16N2O5S2/c12-8-2-3-9(13)11(8)6-1-4-10-5-7-17-18(14,15)16/h10H,1-7H2,(H,14,15,16). The van der Waals surface area contributed by atoms with Crippen LogP contribution in [-0.4, -0.2) is 55.1 Å². The molecule has 1 fully saturated rings. The number of nitrogens with zero attached hydrogens (tertiary/aromatic N) is 1. The van der Waals surface area contributed by atoms with Gasteiger partial charge in [-0.3, -0.25) is 19.0 Å². The van der Waals surface area contributed by atoms with Crippen molar-refractivity contribution in [2.24, 2.45) is 0 Å². The molecule has 104 valence electrons. The smallest absolute Gasteiger partial charge is 0.316 e. The Morgan fingerprint density at radius 1 is 1.22 bits per heavy atom. The van der Waals surface area contributed by atoms with Crippen LogP contribution in [0.15, 0.2) is 0 Å². The maximum Gasteiger partial charge on any atom is 0.319 e. The third-order valence-electron chi connectivity index (χ3n) is 2.40. The van der Waals surface area contributed by atoms with Gasteiger partial charge in [-0.15, -0.1) is 0 Å². The Morgan fingerprint density at radius 3 is 2.39 bits per heavy atom. The molecule has 1 saturated heterocycles. The number of hydrogen-bond donors (Lipinski definition) is 2. The second-order valence-electron chi connectivity index (χ2n) is 3.79. The lowest BCUT2D eigenvalue weighted by Crippen LogP contribution is -2.32. The molecule has 18 heavy (non-hydrogen) atoms. The van der Waals surface area contributed by atoms with Gasteiger partial charge in [0.15, 0.2) is 0 Å². The van der Waals surface area contributed by atoms with Crippen molar-refractivity contribution in [3.63, 3.8) is 0 Å². The van der Waals surface area contributed by atoms with E-state index in [0.29, 0.717) is 49.7 Å². The molecule has 0 bridgehead atoms. The number of rotatable bonds is 8. The molecule has 1 heterocycles. The molecule has 2 amide bonds. The number of likely N-dealkylation sites (tertiary alicyclic amines) is 1. The molecule has 0 aromatic rings. The van der Waals surface area contributed by atoms with E-state index < -0.39 is 9.15 Å². The molecule has 2 N–H and O–H groups in total. The minimum absolute atomic E-state index is 0.123. The van der Waals surface area contributed by atoms with Gasteiger partial charge in [-0.1, -0.05) is 0 Å². The summed E-state index contributed by atoms with van der Waals surface area (Å²) in [6, 6.07) is 0. The van der Waals surface area contributed by atoms with E-state index in [1.165, 1.54) is 4.90 Å². The Bertz CT molecular complexity index is 393. The highest BCUT2D eigenvalue weighted by Crippen LogP contribution is 2.11. The third-order valence-corrected chi connectivity index (χ3v) is 4.46. The van der Waals surface area contributed by atoms with Crippen LogP contribution in [0.25, 0.3) is 0 Å². The highest BCUT2D eigenvalue weighted by Gasteiger charge is 2.27. The van der Waals surface area contributed by atoms with E-state index in [1.807, 2.05) is 0 Å². The first-order chi connectivity index (χ1) is 8.40. The SMILES string of the molecule is O=C1CCC(=O)N1CCCNCCSS(=O)(=O)O. The molecular weight excluding hydrogens is 280 g/mol. The van der Waals surface area contributed by atoms with E-state index in [9.17, 15) is 18.0 Å². The van der Waals surface area contributed by atoms with E-state index >= 15 is 0 Å². The van der Waals surface area contributed by atoms with Gasteiger partial charge in [-0.2, -0.15) is 8.42 Å². The first-order valence-corrected chi connectivity index (χ1v) is 8.50. The summed E-state index contributed by atoms with van der Waals surface area (Å²) in [5.74, 6) is 0.00398. The van der Waals surface area contributed by atoms with E-state index in [-0.39, 0.29) is 17.6 Å². The molecule has 1 aliphatic heterocycles. The second kappa shape index (κ2) is 7.07. The van der Waals surface area contributed by atoms with Gasteiger partial charge < -0.3 is 5.32 Å². The zero-order valence-corrected chi connectivity index (χ0v) is 11.4. The summed E-state index contributed by atoms with van der Waals surface area (Å²) < 4.78 is 29.2. The fraction of sp³-hybridized carbons (Fsp3) is 0.778. The lowest BCUT2D eigenvalue weighted by Gasteiger charge is -2.13. The molecule has 0 aliphatic carbocycles. The Hall–Kier alpha value is -0.640. The molecule has 7 nitrogen and oxygen atoms in total. The lowest BCUT2D eigenvalue weighted by atomic mass is 10.4. The Balaban J connectivity index is 2.02. The summed E-state index contributed by atoms with van der Waals surface area (Å²) in [5.41, 5.74) is 0. The van der Waals surface area contributed by atoms with Crippen LogP contribution in [0.1, 0.15) is 19.3 Å². The van der Waals surface area contributed by atoms with Crippen molar-refractivity contribution >= 4 is 31.8 Å². The molecule has 9 heteroatoms. The molecule has 0 radical (unpaired) electrons. The van der Waals surface area contributed by atoms with Crippen LogP contribution in [0.5, 0.6) is 0 Å². The van der Waals surface area contributed by atoms with Crippen molar-refractivity contribution in [3.05, 3.63) is 0 Å². The molecule has 0 saturated carbocycles. The van der Waals surface area contributed by atoms with Gasteiger partial charge in [0.1, 0.15) is 0 Å². The number of carbonyl (C=O) groups is 2. The Morgan fingerprint density at radius 2 is 1.83 bits per heavy atom. The summed E-state index contributed by atoms with van der Waals surface area (Å²) in [5, 5.41) is 2.97. The number of amides is 2. The highest BCUT2D eigenvalue weighted by atomic mass is 33.1. The third kappa shape index (κ3) is 5.80. The van der Waals surface area contributed by atoms with Gasteiger partial charge in [-0.25, -0.2) is 0 Å². The van der Waals surface area contributed by atoms with Crippen molar-refractivity contribution in [2.75, 3.05) is 25.4 Å². The molecule has 0 aromatic carbocycles. The largest absolute Gasteiger partial charge is 0.319 e. The van der Waals surface area contributed by atoms with Crippen LogP contribution in [-0.2, 0) is 18.7 Å². The van der Waals surface area contributed by atoms with Crippen molar-refractivity contribution in [1.29, 1.82) is 0 Å². The maximum absolute atomic E-state index is 11.2. The summed E-state index contributed by atoms with van der Waals surface area (Å²) in [7, 11) is -3.50. The van der Waals surface area contributed by atoms with Crippen LogP contribution in [0.4, 0.5) is 0 Å². The summed E-state index contributed by atoms with van der Waals surface area (Å²) in [6.45, 7) is 1.42. The molecular formula is C9H16N2O5S2. The molecule has 0 unspecified atom stereocenters. The van der Waals surface area contributed by atoms with E-state index in [2.05, 4.69) is 5.32 Å². The summed E-state index contributed by atoms with van der Waals surface area (Å²) in [6.07, 6.45) is 1.24. The molecule has 1 rings (SSSR count). The Labute approximate surface area is 109 Å². The monoisotopic (exact) mass is 296 g/mol. The topological polar surface area (TPSA) is 104 Å².